The zero-order valence-electron chi connectivity index (χ0n) is 10.4. The SMILES string of the molecule is Cn1nc(NS(=O)(=O)CC2CCCO2)cc1C(=O)O. The van der Waals surface area contributed by atoms with Gasteiger partial charge in [-0.3, -0.25) is 9.40 Å². The van der Waals surface area contributed by atoms with Gasteiger partial charge in [-0.15, -0.1) is 0 Å². The Morgan fingerprint density at radius 1 is 1.68 bits per heavy atom. The lowest BCUT2D eigenvalue weighted by molar-refractivity contribution is 0.0685. The fraction of sp³-hybridized carbons (Fsp3) is 0.600. The number of anilines is 1. The van der Waals surface area contributed by atoms with Crippen molar-refractivity contribution < 1.29 is 23.1 Å². The summed E-state index contributed by atoms with van der Waals surface area (Å²) < 4.78 is 32.3. The molecular formula is C10H15N3O5S. The van der Waals surface area contributed by atoms with E-state index in [9.17, 15) is 13.2 Å². The lowest BCUT2D eigenvalue weighted by Crippen LogP contribution is -2.25. The molecule has 0 aliphatic carbocycles. The van der Waals surface area contributed by atoms with Crippen molar-refractivity contribution in [3.8, 4) is 0 Å². The van der Waals surface area contributed by atoms with Crippen LogP contribution in [0.15, 0.2) is 6.07 Å². The minimum atomic E-state index is -3.59. The second-order valence-electron chi connectivity index (χ2n) is 4.36. The van der Waals surface area contributed by atoms with Crippen LogP contribution in [0.1, 0.15) is 23.3 Å². The van der Waals surface area contributed by atoms with Gasteiger partial charge in [0.05, 0.1) is 11.9 Å². The van der Waals surface area contributed by atoms with E-state index in [0.29, 0.717) is 13.0 Å². The molecule has 106 valence electrons. The molecule has 8 nitrogen and oxygen atoms in total. The van der Waals surface area contributed by atoms with Gasteiger partial charge in [0.25, 0.3) is 0 Å². The Balaban J connectivity index is 2.07. The molecule has 2 N–H and O–H groups in total. The molecule has 1 atom stereocenters. The third-order valence-electron chi connectivity index (χ3n) is 2.79. The van der Waals surface area contributed by atoms with Gasteiger partial charge in [-0.05, 0) is 12.8 Å². The van der Waals surface area contributed by atoms with Gasteiger partial charge in [0.2, 0.25) is 10.0 Å². The average molecular weight is 289 g/mol. The van der Waals surface area contributed by atoms with Crippen molar-refractivity contribution in [3.05, 3.63) is 11.8 Å². The molecule has 0 aromatic carbocycles. The van der Waals surface area contributed by atoms with Crippen molar-refractivity contribution in [3.63, 3.8) is 0 Å². The number of ether oxygens (including phenoxy) is 1. The van der Waals surface area contributed by atoms with Gasteiger partial charge in [0.15, 0.2) is 5.82 Å². The van der Waals surface area contributed by atoms with Gasteiger partial charge in [-0.25, -0.2) is 13.2 Å². The van der Waals surface area contributed by atoms with E-state index >= 15 is 0 Å². The van der Waals surface area contributed by atoms with Gasteiger partial charge in [-0.2, -0.15) is 5.10 Å². The van der Waals surface area contributed by atoms with Crippen molar-refractivity contribution in [1.29, 1.82) is 0 Å². The van der Waals surface area contributed by atoms with Crippen LogP contribution < -0.4 is 4.72 Å². The highest BCUT2D eigenvalue weighted by Gasteiger charge is 2.24. The van der Waals surface area contributed by atoms with Crippen molar-refractivity contribution in [1.82, 2.24) is 9.78 Å². The highest BCUT2D eigenvalue weighted by atomic mass is 32.2. The fourth-order valence-corrected chi connectivity index (χ4v) is 3.19. The predicted molar refractivity (Wildman–Crippen MR) is 66.6 cm³/mol. The first-order valence-corrected chi connectivity index (χ1v) is 7.42. The number of hydrogen-bond donors (Lipinski definition) is 2. The Bertz CT molecular complexity index is 574. The van der Waals surface area contributed by atoms with Crippen LogP contribution in [-0.4, -0.2) is 47.7 Å². The summed E-state index contributed by atoms with van der Waals surface area (Å²) in [5, 5.41) is 12.6. The first-order valence-electron chi connectivity index (χ1n) is 5.77. The third kappa shape index (κ3) is 3.44. The number of aryl methyl sites for hydroxylation is 1. The molecule has 1 aromatic rings. The molecule has 0 amide bonds. The highest BCUT2D eigenvalue weighted by Crippen LogP contribution is 2.16. The Morgan fingerprint density at radius 2 is 2.42 bits per heavy atom. The van der Waals surface area contributed by atoms with E-state index in [2.05, 4.69) is 9.82 Å². The molecule has 1 unspecified atom stereocenters. The van der Waals surface area contributed by atoms with Crippen molar-refractivity contribution in [2.24, 2.45) is 7.05 Å². The predicted octanol–water partition coefficient (Wildman–Crippen LogP) is 0.0390. The molecule has 0 saturated carbocycles. The number of carbonyl (C=O) groups is 1. The van der Waals surface area contributed by atoms with E-state index in [1.165, 1.54) is 13.1 Å². The topological polar surface area (TPSA) is 111 Å². The number of hydrogen-bond acceptors (Lipinski definition) is 5. The molecule has 1 saturated heterocycles. The Labute approximate surface area is 110 Å². The minimum Gasteiger partial charge on any atom is -0.477 e. The van der Waals surface area contributed by atoms with Crippen LogP contribution >= 0.6 is 0 Å². The maximum absolute atomic E-state index is 11.9. The van der Waals surface area contributed by atoms with E-state index in [1.807, 2.05) is 0 Å². The van der Waals surface area contributed by atoms with Crippen LogP contribution in [0.5, 0.6) is 0 Å². The van der Waals surface area contributed by atoms with Crippen LogP contribution in [0.3, 0.4) is 0 Å². The van der Waals surface area contributed by atoms with Crippen LogP contribution in [0.25, 0.3) is 0 Å². The van der Waals surface area contributed by atoms with Crippen molar-refractivity contribution in [2.45, 2.75) is 18.9 Å². The number of sulfonamides is 1. The van der Waals surface area contributed by atoms with Gasteiger partial charge >= 0.3 is 5.97 Å². The molecule has 0 bridgehead atoms. The van der Waals surface area contributed by atoms with Crippen molar-refractivity contribution >= 4 is 21.8 Å². The number of nitrogens with zero attached hydrogens (tertiary/aromatic N) is 2. The quantitative estimate of drug-likeness (QED) is 0.791. The summed E-state index contributed by atoms with van der Waals surface area (Å²) >= 11 is 0. The molecule has 1 aliphatic rings. The van der Waals surface area contributed by atoms with Crippen molar-refractivity contribution in [2.75, 3.05) is 17.1 Å². The smallest absolute Gasteiger partial charge is 0.354 e. The zero-order valence-corrected chi connectivity index (χ0v) is 11.2. The first-order chi connectivity index (χ1) is 8.87. The number of aromatic nitrogens is 2. The number of rotatable bonds is 5. The van der Waals surface area contributed by atoms with E-state index < -0.39 is 16.0 Å². The standard InChI is InChI=1S/C10H15N3O5S/c1-13-8(10(14)15)5-9(11-13)12-19(16,17)6-7-3-2-4-18-7/h5,7H,2-4,6H2,1H3,(H,11,12)(H,14,15). The molecule has 9 heteroatoms. The monoisotopic (exact) mass is 289 g/mol. The maximum Gasteiger partial charge on any atom is 0.354 e. The second-order valence-corrected chi connectivity index (χ2v) is 6.13. The Kier molecular flexibility index (Phi) is 3.76. The second kappa shape index (κ2) is 5.17. The third-order valence-corrected chi connectivity index (χ3v) is 4.12. The van der Waals surface area contributed by atoms with Gasteiger partial charge in [0.1, 0.15) is 5.69 Å². The molecule has 0 spiro atoms. The summed E-state index contributed by atoms with van der Waals surface area (Å²) in [4.78, 5) is 10.8. The molecule has 1 aliphatic heterocycles. The van der Waals surface area contributed by atoms with Crippen LogP contribution in [-0.2, 0) is 21.8 Å². The summed E-state index contributed by atoms with van der Waals surface area (Å²) in [7, 11) is -2.16. The van der Waals surface area contributed by atoms with E-state index in [1.54, 1.807) is 0 Å². The van der Waals surface area contributed by atoms with Gasteiger partial charge in [0, 0.05) is 19.7 Å². The number of aromatic carboxylic acids is 1. The van der Waals surface area contributed by atoms with E-state index in [-0.39, 0.29) is 23.4 Å². The Hall–Kier alpha value is -1.61. The summed E-state index contributed by atoms with van der Waals surface area (Å²) in [6.07, 6.45) is 1.26. The van der Waals surface area contributed by atoms with Gasteiger partial charge in [-0.1, -0.05) is 0 Å². The van der Waals surface area contributed by atoms with Crippen LogP contribution in [0.4, 0.5) is 5.82 Å². The Morgan fingerprint density at radius 3 is 2.95 bits per heavy atom. The lowest BCUT2D eigenvalue weighted by Gasteiger charge is -2.10. The molecule has 1 fully saturated rings. The number of carboxylic acid groups (broad SMARTS) is 1. The lowest BCUT2D eigenvalue weighted by atomic mass is 10.3. The number of carboxylic acids is 1. The largest absolute Gasteiger partial charge is 0.477 e. The zero-order chi connectivity index (χ0) is 14.0. The van der Waals surface area contributed by atoms with Gasteiger partial charge < -0.3 is 9.84 Å². The summed E-state index contributed by atoms with van der Waals surface area (Å²) in [6, 6.07) is 1.18. The normalized spacial score (nSPS) is 19.5. The maximum atomic E-state index is 11.9. The average Bonchev–Trinajstić information content (AvgIpc) is 2.86. The molecule has 19 heavy (non-hydrogen) atoms. The van der Waals surface area contributed by atoms with E-state index in [0.717, 1.165) is 11.1 Å². The number of nitrogens with one attached hydrogen (secondary N) is 1. The summed E-state index contributed by atoms with van der Waals surface area (Å²) in [6.45, 7) is 0.576. The minimum absolute atomic E-state index is 0.00195. The van der Waals surface area contributed by atoms with E-state index in [4.69, 9.17) is 9.84 Å². The summed E-state index contributed by atoms with van der Waals surface area (Å²) in [5.74, 6) is -1.32. The summed E-state index contributed by atoms with van der Waals surface area (Å²) in [5.41, 5.74) is -0.0881. The van der Waals surface area contributed by atoms with Crippen LogP contribution in [0.2, 0.25) is 0 Å². The molecule has 2 rings (SSSR count). The van der Waals surface area contributed by atoms with Crippen LogP contribution in [0, 0.1) is 0 Å². The molecule has 0 radical (unpaired) electrons. The molecule has 2 heterocycles. The molecule has 1 aromatic heterocycles. The molecular weight excluding hydrogens is 274 g/mol. The highest BCUT2D eigenvalue weighted by molar-refractivity contribution is 7.92. The first kappa shape index (κ1) is 13.8. The fourth-order valence-electron chi connectivity index (χ4n) is 1.94.